The Balaban J connectivity index is 1.81. The zero-order valence-corrected chi connectivity index (χ0v) is 10.8. The van der Waals surface area contributed by atoms with E-state index in [9.17, 15) is 4.79 Å². The Bertz CT molecular complexity index is 452. The zero-order chi connectivity index (χ0) is 11.8. The summed E-state index contributed by atoms with van der Waals surface area (Å²) >= 11 is 3.50. The van der Waals surface area contributed by atoms with Crippen LogP contribution in [0.25, 0.3) is 0 Å². The number of nitrogens with one attached hydrogen (secondary N) is 1. The smallest absolute Gasteiger partial charge is 0.410 e. The van der Waals surface area contributed by atoms with E-state index >= 15 is 0 Å². The summed E-state index contributed by atoms with van der Waals surface area (Å²) in [6.45, 7) is 2.19. The van der Waals surface area contributed by atoms with Crippen LogP contribution < -0.4 is 5.32 Å². The normalized spacial score (nSPS) is 27.1. The van der Waals surface area contributed by atoms with Gasteiger partial charge in [-0.15, -0.1) is 0 Å². The predicted molar refractivity (Wildman–Crippen MR) is 66.6 cm³/mol. The van der Waals surface area contributed by atoms with Gasteiger partial charge in [0.15, 0.2) is 0 Å². The molecule has 90 valence electrons. The van der Waals surface area contributed by atoms with Gasteiger partial charge in [-0.1, -0.05) is 34.1 Å². The second-order valence-electron chi connectivity index (χ2n) is 4.37. The predicted octanol–water partition coefficient (Wildman–Crippen LogP) is 1.74. The lowest BCUT2D eigenvalue weighted by Gasteiger charge is -2.20. The van der Waals surface area contributed by atoms with Gasteiger partial charge in [0.25, 0.3) is 0 Å². The lowest BCUT2D eigenvalue weighted by molar-refractivity contribution is 0.133. The van der Waals surface area contributed by atoms with E-state index in [2.05, 4.69) is 21.2 Å². The fourth-order valence-corrected chi connectivity index (χ4v) is 2.81. The van der Waals surface area contributed by atoms with Gasteiger partial charge in [0, 0.05) is 17.6 Å². The van der Waals surface area contributed by atoms with Crippen molar-refractivity contribution in [3.63, 3.8) is 0 Å². The highest BCUT2D eigenvalue weighted by Crippen LogP contribution is 2.26. The molecular weight excluding hydrogens is 284 g/mol. The molecule has 1 aromatic carbocycles. The summed E-state index contributed by atoms with van der Waals surface area (Å²) in [6.07, 6.45) is -0.178. The maximum Gasteiger partial charge on any atom is 0.410 e. The summed E-state index contributed by atoms with van der Waals surface area (Å²) in [6, 6.07) is 8.13. The maximum atomic E-state index is 11.8. The molecule has 2 saturated heterocycles. The molecule has 2 heterocycles. The van der Waals surface area contributed by atoms with Gasteiger partial charge in [0.05, 0.1) is 12.6 Å². The summed E-state index contributed by atoms with van der Waals surface area (Å²) in [5.74, 6) is 0. The summed E-state index contributed by atoms with van der Waals surface area (Å²) in [7, 11) is 0. The number of amides is 1. The highest BCUT2D eigenvalue weighted by molar-refractivity contribution is 9.10. The topological polar surface area (TPSA) is 41.6 Å². The van der Waals surface area contributed by atoms with E-state index in [4.69, 9.17) is 4.74 Å². The molecule has 1 N–H and O–H groups in total. The number of hydrogen-bond donors (Lipinski definition) is 1. The number of nitrogens with zero attached hydrogens (tertiary/aromatic N) is 1. The molecular formula is C12H13BrN2O2. The van der Waals surface area contributed by atoms with Gasteiger partial charge in [-0.25, -0.2) is 4.79 Å². The standard InChI is InChI=1S/C12H13BrN2O2/c13-9-4-2-1-3-8(9)7-15-10-5-14-6-11(10)17-12(15)16/h1-4,10-11,14H,5-7H2. The van der Waals surface area contributed by atoms with Gasteiger partial charge < -0.3 is 10.1 Å². The van der Waals surface area contributed by atoms with Crippen LogP contribution in [0.15, 0.2) is 28.7 Å². The molecule has 0 spiro atoms. The number of benzene rings is 1. The highest BCUT2D eigenvalue weighted by Gasteiger charge is 2.44. The van der Waals surface area contributed by atoms with Crippen molar-refractivity contribution < 1.29 is 9.53 Å². The van der Waals surface area contributed by atoms with E-state index in [0.29, 0.717) is 6.54 Å². The molecule has 5 heteroatoms. The van der Waals surface area contributed by atoms with Gasteiger partial charge in [0.2, 0.25) is 0 Å². The van der Waals surface area contributed by atoms with Crippen LogP contribution in [0.1, 0.15) is 5.56 Å². The van der Waals surface area contributed by atoms with Crippen molar-refractivity contribution >= 4 is 22.0 Å². The molecule has 0 aliphatic carbocycles. The second kappa shape index (κ2) is 4.31. The number of hydrogen-bond acceptors (Lipinski definition) is 3. The molecule has 1 amide bonds. The largest absolute Gasteiger partial charge is 0.442 e. The highest BCUT2D eigenvalue weighted by atomic mass is 79.9. The monoisotopic (exact) mass is 296 g/mol. The minimum atomic E-state index is -0.197. The molecule has 0 aromatic heterocycles. The van der Waals surface area contributed by atoms with Crippen molar-refractivity contribution in [2.45, 2.75) is 18.7 Å². The van der Waals surface area contributed by atoms with Crippen molar-refractivity contribution in [3.05, 3.63) is 34.3 Å². The molecule has 17 heavy (non-hydrogen) atoms. The molecule has 0 saturated carbocycles. The van der Waals surface area contributed by atoms with Gasteiger partial charge >= 0.3 is 6.09 Å². The quantitative estimate of drug-likeness (QED) is 0.904. The Kier molecular flexibility index (Phi) is 2.80. The Morgan fingerprint density at radius 2 is 2.24 bits per heavy atom. The van der Waals surface area contributed by atoms with Crippen molar-refractivity contribution in [1.29, 1.82) is 0 Å². The Labute approximate surface area is 108 Å². The van der Waals surface area contributed by atoms with Crippen LogP contribution in [0.5, 0.6) is 0 Å². The molecule has 2 atom stereocenters. The van der Waals surface area contributed by atoms with Crippen molar-refractivity contribution in [3.8, 4) is 0 Å². The van der Waals surface area contributed by atoms with E-state index in [1.807, 2.05) is 29.2 Å². The molecule has 0 radical (unpaired) electrons. The second-order valence-corrected chi connectivity index (χ2v) is 5.22. The van der Waals surface area contributed by atoms with Crippen LogP contribution in [0.4, 0.5) is 4.79 Å². The van der Waals surface area contributed by atoms with E-state index in [1.54, 1.807) is 0 Å². The molecule has 2 unspecified atom stereocenters. The Morgan fingerprint density at radius 3 is 3.06 bits per heavy atom. The number of carbonyl (C=O) groups excluding carboxylic acids is 1. The average Bonchev–Trinajstić information content (AvgIpc) is 2.85. The lowest BCUT2D eigenvalue weighted by atomic mass is 10.1. The molecule has 4 nitrogen and oxygen atoms in total. The summed E-state index contributed by atoms with van der Waals surface area (Å²) in [4.78, 5) is 13.6. The van der Waals surface area contributed by atoms with Gasteiger partial charge in [-0.3, -0.25) is 4.90 Å². The average molecular weight is 297 g/mol. The lowest BCUT2D eigenvalue weighted by Crippen LogP contribution is -2.36. The minimum absolute atomic E-state index is 0.0185. The Morgan fingerprint density at radius 1 is 1.41 bits per heavy atom. The van der Waals surface area contributed by atoms with Gasteiger partial charge in [-0.05, 0) is 11.6 Å². The first-order valence-corrected chi connectivity index (χ1v) is 6.46. The summed E-state index contributed by atoms with van der Waals surface area (Å²) < 4.78 is 6.35. The van der Waals surface area contributed by atoms with E-state index < -0.39 is 0 Å². The minimum Gasteiger partial charge on any atom is -0.442 e. The number of ether oxygens (including phenoxy) is 1. The Hall–Kier alpha value is -1.07. The SMILES string of the molecule is O=C1OC2CNCC2N1Cc1ccccc1Br. The molecule has 2 fully saturated rings. The zero-order valence-electron chi connectivity index (χ0n) is 9.23. The van der Waals surface area contributed by atoms with Crippen LogP contribution in [-0.4, -0.2) is 36.2 Å². The third-order valence-corrected chi connectivity index (χ3v) is 4.09. The third kappa shape index (κ3) is 1.93. The van der Waals surface area contributed by atoms with Crippen LogP contribution in [0, 0.1) is 0 Å². The van der Waals surface area contributed by atoms with Gasteiger partial charge in [-0.2, -0.15) is 0 Å². The molecule has 2 aliphatic heterocycles. The van der Waals surface area contributed by atoms with Crippen molar-refractivity contribution in [2.24, 2.45) is 0 Å². The fourth-order valence-electron chi connectivity index (χ4n) is 2.40. The number of halogens is 1. The summed E-state index contributed by atoms with van der Waals surface area (Å²) in [5, 5.41) is 3.24. The molecule has 3 rings (SSSR count). The molecule has 1 aromatic rings. The van der Waals surface area contributed by atoms with Crippen LogP contribution >= 0.6 is 15.9 Å². The van der Waals surface area contributed by atoms with E-state index in [-0.39, 0.29) is 18.2 Å². The first kappa shape index (κ1) is 11.0. The number of carbonyl (C=O) groups is 1. The van der Waals surface area contributed by atoms with Crippen LogP contribution in [0.3, 0.4) is 0 Å². The molecule has 2 aliphatic rings. The van der Waals surface area contributed by atoms with Crippen molar-refractivity contribution in [2.75, 3.05) is 13.1 Å². The van der Waals surface area contributed by atoms with Crippen LogP contribution in [0.2, 0.25) is 0 Å². The third-order valence-electron chi connectivity index (χ3n) is 3.31. The number of rotatable bonds is 2. The fraction of sp³-hybridized carbons (Fsp3) is 0.417. The van der Waals surface area contributed by atoms with Gasteiger partial charge in [0.1, 0.15) is 6.10 Å². The summed E-state index contributed by atoms with van der Waals surface area (Å²) in [5.41, 5.74) is 1.11. The van der Waals surface area contributed by atoms with Crippen molar-refractivity contribution in [1.82, 2.24) is 10.2 Å². The first-order valence-electron chi connectivity index (χ1n) is 5.67. The maximum absolute atomic E-state index is 11.8. The first-order chi connectivity index (χ1) is 8.25. The van der Waals surface area contributed by atoms with E-state index in [1.165, 1.54) is 0 Å². The van der Waals surface area contributed by atoms with Crippen LogP contribution in [-0.2, 0) is 11.3 Å². The number of fused-ring (bicyclic) bond motifs is 1. The molecule has 0 bridgehead atoms. The van der Waals surface area contributed by atoms with E-state index in [0.717, 1.165) is 23.1 Å².